The summed E-state index contributed by atoms with van der Waals surface area (Å²) in [4.78, 5) is 21.9. The van der Waals surface area contributed by atoms with Crippen molar-refractivity contribution < 1.29 is 27.9 Å². The van der Waals surface area contributed by atoms with E-state index in [0.717, 1.165) is 0 Å². The topological polar surface area (TPSA) is 110 Å². The van der Waals surface area contributed by atoms with E-state index in [1.165, 1.54) is 14.0 Å². The number of carbonyl (C=O) groups is 2. The highest BCUT2D eigenvalue weighted by molar-refractivity contribution is 7.93. The number of carboxylic acids is 1. The van der Waals surface area contributed by atoms with E-state index >= 15 is 0 Å². The van der Waals surface area contributed by atoms with Gasteiger partial charge in [0.1, 0.15) is 5.75 Å². The van der Waals surface area contributed by atoms with Gasteiger partial charge in [-0.05, 0) is 6.42 Å². The zero-order valence-corrected chi connectivity index (χ0v) is 10.6. The van der Waals surface area contributed by atoms with Crippen LogP contribution in [0.4, 0.5) is 0 Å². The number of amides is 1. The molecule has 0 spiro atoms. The fourth-order valence-electron chi connectivity index (χ4n) is 1.21. The Kier molecular flexibility index (Phi) is 6.74. The first-order valence-electron chi connectivity index (χ1n) is 5.05. The summed E-state index contributed by atoms with van der Waals surface area (Å²) >= 11 is 0. The molecular formula is C9H17NO6S. The summed E-state index contributed by atoms with van der Waals surface area (Å²) in [6.07, 6.45) is -0.0665. The third-order valence-corrected chi connectivity index (χ3v) is 4.11. The fraction of sp³-hybridized carbons (Fsp3) is 0.778. The van der Waals surface area contributed by atoms with Gasteiger partial charge in [0.15, 0.2) is 15.1 Å². The van der Waals surface area contributed by atoms with Crippen LogP contribution in [0.5, 0.6) is 0 Å². The summed E-state index contributed by atoms with van der Waals surface area (Å²) in [6, 6.07) is 0. The molecular weight excluding hydrogens is 250 g/mol. The summed E-state index contributed by atoms with van der Waals surface area (Å²) in [5, 5.41) is 9.49. The normalized spacial score (nSPS) is 13.1. The van der Waals surface area contributed by atoms with Gasteiger partial charge < -0.3 is 15.2 Å². The second kappa shape index (κ2) is 7.23. The van der Waals surface area contributed by atoms with E-state index in [9.17, 15) is 18.0 Å². The molecule has 7 nitrogen and oxygen atoms in total. The van der Waals surface area contributed by atoms with E-state index in [4.69, 9.17) is 5.11 Å². The highest BCUT2D eigenvalue weighted by Crippen LogP contribution is 2.07. The van der Waals surface area contributed by atoms with E-state index in [1.54, 1.807) is 0 Å². The van der Waals surface area contributed by atoms with Gasteiger partial charge >= 0.3 is 5.97 Å². The van der Waals surface area contributed by atoms with Gasteiger partial charge in [-0.1, -0.05) is 6.92 Å². The molecule has 0 saturated heterocycles. The summed E-state index contributed by atoms with van der Waals surface area (Å²) in [5.41, 5.74) is 0. The van der Waals surface area contributed by atoms with Crippen LogP contribution in [-0.2, 0) is 24.2 Å². The van der Waals surface area contributed by atoms with E-state index < -0.39 is 32.7 Å². The molecule has 0 heterocycles. The standard InChI is InChI=1S/C9H17NO6S/c1-3-7(9(12)13)17(14,15)6-8(11)10-4-5-16-2/h7H,3-6H2,1-2H3,(H,10,11)(H,12,13). The molecule has 0 aromatic carbocycles. The predicted molar refractivity (Wildman–Crippen MR) is 60.4 cm³/mol. The minimum Gasteiger partial charge on any atom is -0.480 e. The van der Waals surface area contributed by atoms with Crippen LogP contribution in [-0.4, -0.2) is 56.7 Å². The van der Waals surface area contributed by atoms with Crippen molar-refractivity contribution in [3.05, 3.63) is 0 Å². The van der Waals surface area contributed by atoms with Gasteiger partial charge in [-0.15, -0.1) is 0 Å². The number of nitrogens with one attached hydrogen (secondary N) is 1. The largest absolute Gasteiger partial charge is 0.480 e. The maximum absolute atomic E-state index is 11.6. The average molecular weight is 267 g/mol. The molecule has 0 rings (SSSR count). The number of hydrogen-bond donors (Lipinski definition) is 2. The Morgan fingerprint density at radius 2 is 2.00 bits per heavy atom. The van der Waals surface area contributed by atoms with Crippen molar-refractivity contribution in [2.75, 3.05) is 26.0 Å². The monoisotopic (exact) mass is 267 g/mol. The Bertz CT molecular complexity index is 364. The molecule has 0 aromatic heterocycles. The van der Waals surface area contributed by atoms with Crippen molar-refractivity contribution in [3.63, 3.8) is 0 Å². The minimum atomic E-state index is -3.96. The van der Waals surface area contributed by atoms with Crippen molar-refractivity contribution in [1.29, 1.82) is 0 Å². The molecule has 0 fully saturated rings. The Hall–Kier alpha value is -1.15. The lowest BCUT2D eigenvalue weighted by Gasteiger charge is -2.11. The van der Waals surface area contributed by atoms with Crippen LogP contribution in [0.25, 0.3) is 0 Å². The Balaban J connectivity index is 4.43. The molecule has 0 aliphatic rings. The van der Waals surface area contributed by atoms with E-state index in [1.807, 2.05) is 0 Å². The quantitative estimate of drug-likeness (QED) is 0.547. The van der Waals surface area contributed by atoms with Gasteiger partial charge in [-0.3, -0.25) is 9.59 Å². The van der Waals surface area contributed by atoms with Crippen LogP contribution >= 0.6 is 0 Å². The third-order valence-electron chi connectivity index (χ3n) is 2.04. The third kappa shape index (κ3) is 5.64. The van der Waals surface area contributed by atoms with Crippen LogP contribution < -0.4 is 5.32 Å². The van der Waals surface area contributed by atoms with Crippen LogP contribution in [0.2, 0.25) is 0 Å². The Morgan fingerprint density at radius 3 is 2.41 bits per heavy atom. The zero-order chi connectivity index (χ0) is 13.5. The molecule has 1 unspecified atom stereocenters. The molecule has 2 N–H and O–H groups in total. The van der Waals surface area contributed by atoms with Crippen molar-refractivity contribution >= 4 is 21.7 Å². The highest BCUT2D eigenvalue weighted by atomic mass is 32.2. The lowest BCUT2D eigenvalue weighted by molar-refractivity contribution is -0.136. The van der Waals surface area contributed by atoms with Gasteiger partial charge in [0, 0.05) is 13.7 Å². The smallest absolute Gasteiger partial charge is 0.321 e. The molecule has 8 heteroatoms. The molecule has 100 valence electrons. The molecule has 1 amide bonds. The Labute approximate surface area is 100 Å². The number of rotatable bonds is 8. The van der Waals surface area contributed by atoms with Crippen LogP contribution in [0, 0.1) is 0 Å². The summed E-state index contributed by atoms with van der Waals surface area (Å²) in [7, 11) is -2.52. The van der Waals surface area contributed by atoms with Crippen molar-refractivity contribution in [2.45, 2.75) is 18.6 Å². The number of hydrogen-bond acceptors (Lipinski definition) is 5. The lowest BCUT2D eigenvalue weighted by atomic mass is 10.3. The van der Waals surface area contributed by atoms with E-state index in [2.05, 4.69) is 10.1 Å². The van der Waals surface area contributed by atoms with Gasteiger partial charge in [0.25, 0.3) is 0 Å². The maximum atomic E-state index is 11.6. The second-order valence-corrected chi connectivity index (χ2v) is 5.57. The van der Waals surface area contributed by atoms with Gasteiger partial charge in [-0.25, -0.2) is 8.42 Å². The fourth-order valence-corrected chi connectivity index (χ4v) is 2.69. The number of ether oxygens (including phenoxy) is 1. The predicted octanol–water partition coefficient (Wildman–Crippen LogP) is -0.973. The van der Waals surface area contributed by atoms with Crippen molar-refractivity contribution in [3.8, 4) is 0 Å². The maximum Gasteiger partial charge on any atom is 0.321 e. The summed E-state index contributed by atoms with van der Waals surface area (Å²) < 4.78 is 27.8. The van der Waals surface area contributed by atoms with Crippen molar-refractivity contribution in [1.82, 2.24) is 5.32 Å². The van der Waals surface area contributed by atoms with Crippen LogP contribution in [0.1, 0.15) is 13.3 Å². The summed E-state index contributed by atoms with van der Waals surface area (Å²) in [5.74, 6) is -2.97. The van der Waals surface area contributed by atoms with Gasteiger partial charge in [-0.2, -0.15) is 0 Å². The van der Waals surface area contributed by atoms with Gasteiger partial charge in [0.2, 0.25) is 5.91 Å². The molecule has 0 bridgehead atoms. The first kappa shape index (κ1) is 15.9. The average Bonchev–Trinajstić information content (AvgIpc) is 2.16. The van der Waals surface area contributed by atoms with Crippen LogP contribution in [0.15, 0.2) is 0 Å². The minimum absolute atomic E-state index is 0.0665. The first-order chi connectivity index (χ1) is 7.85. The van der Waals surface area contributed by atoms with Gasteiger partial charge in [0.05, 0.1) is 6.61 Å². The molecule has 0 aromatic rings. The molecule has 17 heavy (non-hydrogen) atoms. The Morgan fingerprint density at radius 1 is 1.41 bits per heavy atom. The molecule has 1 atom stereocenters. The SMILES string of the molecule is CCC(C(=O)O)S(=O)(=O)CC(=O)NCCOC. The number of aliphatic carboxylic acids is 1. The second-order valence-electron chi connectivity index (χ2n) is 3.39. The lowest BCUT2D eigenvalue weighted by Crippen LogP contribution is -2.39. The molecule has 0 radical (unpaired) electrons. The number of sulfone groups is 1. The van der Waals surface area contributed by atoms with Crippen molar-refractivity contribution in [2.24, 2.45) is 0 Å². The number of methoxy groups -OCH3 is 1. The van der Waals surface area contributed by atoms with E-state index in [-0.39, 0.29) is 19.6 Å². The molecule has 0 aliphatic heterocycles. The zero-order valence-electron chi connectivity index (χ0n) is 9.80. The van der Waals surface area contributed by atoms with E-state index in [0.29, 0.717) is 0 Å². The highest BCUT2D eigenvalue weighted by Gasteiger charge is 2.32. The first-order valence-corrected chi connectivity index (χ1v) is 6.76. The van der Waals surface area contributed by atoms with Crippen LogP contribution in [0.3, 0.4) is 0 Å². The molecule has 0 aliphatic carbocycles. The number of carboxylic acid groups (broad SMARTS) is 1. The molecule has 0 saturated carbocycles. The number of carbonyl (C=O) groups excluding carboxylic acids is 1. The summed E-state index contributed by atoms with van der Waals surface area (Å²) in [6.45, 7) is 1.90.